The number of allylic oxidation sites excluding steroid dienone is 1. The van der Waals surface area contributed by atoms with Gasteiger partial charge in [0.05, 0.1) is 18.3 Å². The van der Waals surface area contributed by atoms with Crippen molar-refractivity contribution in [2.45, 2.75) is 119 Å². The molecule has 0 unspecified atom stereocenters. The van der Waals surface area contributed by atoms with Gasteiger partial charge in [0.25, 0.3) is 0 Å². The topological polar surface area (TPSA) is 60.7 Å². The first-order valence-corrected chi connectivity index (χ1v) is 13.9. The van der Waals surface area contributed by atoms with Crippen molar-refractivity contribution in [3.63, 3.8) is 0 Å². The van der Waals surface area contributed by atoms with Gasteiger partial charge in [0, 0.05) is 17.8 Å². The van der Waals surface area contributed by atoms with Crippen molar-refractivity contribution in [1.82, 2.24) is 0 Å². The van der Waals surface area contributed by atoms with Gasteiger partial charge in [-0.25, -0.2) is 0 Å². The van der Waals surface area contributed by atoms with Gasteiger partial charge >= 0.3 is 0 Å². The molecule has 3 heteroatoms. The molecule has 0 spiro atoms. The number of hydrogen-bond acceptors (Lipinski definition) is 3. The van der Waals surface area contributed by atoms with Crippen LogP contribution in [0.25, 0.3) is 0 Å². The van der Waals surface area contributed by atoms with Crippen molar-refractivity contribution in [3.8, 4) is 0 Å². The standard InChI is InChI=1S/C30H50O3/c1-17-9-11-27(5)13-14-28(6)19(24(27)18(17)2)15-20(31)25-29(28,7)12-10-21-26(3,4)22(32)16-23(33)30(21,25)8/h15,17-18,20-25,31-33H,9-14,16H2,1-8H3/t17-,18+,20-,21+,22-,23-,24-,25+,27-,28-,29-,30-/m1/s1. The van der Waals surface area contributed by atoms with Crippen molar-refractivity contribution < 1.29 is 15.3 Å². The Morgan fingerprint density at radius 1 is 0.818 bits per heavy atom. The average molecular weight is 459 g/mol. The van der Waals surface area contributed by atoms with Crippen LogP contribution in [0.4, 0.5) is 0 Å². The molecule has 0 saturated heterocycles. The lowest BCUT2D eigenvalue weighted by atomic mass is 9.32. The Morgan fingerprint density at radius 3 is 2.15 bits per heavy atom. The van der Waals surface area contributed by atoms with Crippen LogP contribution < -0.4 is 0 Å². The Morgan fingerprint density at radius 2 is 1.48 bits per heavy atom. The summed E-state index contributed by atoms with van der Waals surface area (Å²) < 4.78 is 0. The highest BCUT2D eigenvalue weighted by Gasteiger charge is 2.71. The number of fused-ring (bicyclic) bond motifs is 7. The summed E-state index contributed by atoms with van der Waals surface area (Å²) in [5, 5.41) is 34.4. The molecular weight excluding hydrogens is 408 g/mol. The van der Waals surface area contributed by atoms with E-state index in [0.717, 1.165) is 18.8 Å². The van der Waals surface area contributed by atoms with Gasteiger partial charge in [0.15, 0.2) is 0 Å². The van der Waals surface area contributed by atoms with Gasteiger partial charge < -0.3 is 15.3 Å². The van der Waals surface area contributed by atoms with Gasteiger partial charge in [0.1, 0.15) is 0 Å². The molecule has 4 fully saturated rings. The first-order valence-electron chi connectivity index (χ1n) is 13.9. The van der Waals surface area contributed by atoms with Gasteiger partial charge in [0.2, 0.25) is 0 Å². The van der Waals surface area contributed by atoms with Crippen LogP contribution in [0, 0.1) is 56.7 Å². The van der Waals surface area contributed by atoms with E-state index >= 15 is 0 Å². The third-order valence-corrected chi connectivity index (χ3v) is 13.4. The van der Waals surface area contributed by atoms with E-state index in [0.29, 0.717) is 23.7 Å². The lowest BCUT2D eigenvalue weighted by Crippen LogP contribution is -2.70. The normalized spacial score (nSPS) is 60.0. The highest BCUT2D eigenvalue weighted by molar-refractivity contribution is 5.36. The number of aliphatic hydroxyl groups excluding tert-OH is 3. The Kier molecular flexibility index (Phi) is 5.23. The zero-order valence-corrected chi connectivity index (χ0v) is 22.5. The molecule has 5 rings (SSSR count). The maximum atomic E-state index is 12.0. The zero-order chi connectivity index (χ0) is 24.4. The molecule has 188 valence electrons. The van der Waals surface area contributed by atoms with E-state index in [1.807, 2.05) is 0 Å². The van der Waals surface area contributed by atoms with Crippen LogP contribution in [-0.4, -0.2) is 33.6 Å². The number of aliphatic hydroxyl groups is 3. The minimum atomic E-state index is -0.578. The van der Waals surface area contributed by atoms with Crippen molar-refractivity contribution in [2.24, 2.45) is 56.7 Å². The van der Waals surface area contributed by atoms with Crippen LogP contribution in [0.3, 0.4) is 0 Å². The molecule has 4 saturated carbocycles. The van der Waals surface area contributed by atoms with E-state index in [9.17, 15) is 15.3 Å². The molecule has 0 aromatic rings. The van der Waals surface area contributed by atoms with E-state index in [1.165, 1.54) is 25.7 Å². The average Bonchev–Trinajstić information content (AvgIpc) is 2.71. The minimum absolute atomic E-state index is 0.0138. The second-order valence-corrected chi connectivity index (χ2v) is 14.9. The molecule has 0 amide bonds. The molecule has 33 heavy (non-hydrogen) atoms. The van der Waals surface area contributed by atoms with E-state index < -0.39 is 23.7 Å². The highest BCUT2D eigenvalue weighted by atomic mass is 16.3. The quantitative estimate of drug-likeness (QED) is 0.392. The van der Waals surface area contributed by atoms with Crippen LogP contribution in [0.1, 0.15) is 100 Å². The number of rotatable bonds is 0. The molecule has 5 aliphatic carbocycles. The minimum Gasteiger partial charge on any atom is -0.392 e. The molecular formula is C30H50O3. The van der Waals surface area contributed by atoms with Crippen LogP contribution in [0.2, 0.25) is 0 Å². The van der Waals surface area contributed by atoms with E-state index in [2.05, 4.69) is 61.5 Å². The fraction of sp³-hybridized carbons (Fsp3) is 0.933. The molecule has 0 aromatic heterocycles. The van der Waals surface area contributed by atoms with Crippen LogP contribution in [0.5, 0.6) is 0 Å². The lowest BCUT2D eigenvalue weighted by molar-refractivity contribution is -0.260. The fourth-order valence-electron chi connectivity index (χ4n) is 10.9. The van der Waals surface area contributed by atoms with E-state index in [4.69, 9.17) is 0 Å². The third kappa shape index (κ3) is 2.80. The Hall–Kier alpha value is -0.380. The molecule has 0 aromatic carbocycles. The fourth-order valence-corrected chi connectivity index (χ4v) is 10.9. The summed E-state index contributed by atoms with van der Waals surface area (Å²) in [5.41, 5.74) is 1.25. The maximum Gasteiger partial charge on any atom is 0.0763 e. The molecule has 3 nitrogen and oxygen atoms in total. The Balaban J connectivity index is 1.66. The van der Waals surface area contributed by atoms with Gasteiger partial charge in [-0.15, -0.1) is 0 Å². The molecule has 0 heterocycles. The Bertz CT molecular complexity index is 847. The second-order valence-electron chi connectivity index (χ2n) is 14.9. The van der Waals surface area contributed by atoms with E-state index in [-0.39, 0.29) is 28.1 Å². The van der Waals surface area contributed by atoms with Gasteiger partial charge in [-0.3, -0.25) is 0 Å². The van der Waals surface area contributed by atoms with Gasteiger partial charge in [-0.1, -0.05) is 67.0 Å². The predicted octanol–water partition coefficient (Wildman–Crippen LogP) is 5.97. The van der Waals surface area contributed by atoms with Gasteiger partial charge in [-0.05, 0) is 83.9 Å². The van der Waals surface area contributed by atoms with Crippen molar-refractivity contribution in [3.05, 3.63) is 11.6 Å². The molecule has 0 aliphatic heterocycles. The highest BCUT2D eigenvalue weighted by Crippen LogP contribution is 2.75. The largest absolute Gasteiger partial charge is 0.392 e. The van der Waals surface area contributed by atoms with Crippen molar-refractivity contribution in [1.29, 1.82) is 0 Å². The summed E-state index contributed by atoms with van der Waals surface area (Å²) in [7, 11) is 0. The first kappa shape index (κ1) is 24.3. The summed E-state index contributed by atoms with van der Waals surface area (Å²) in [5.74, 6) is 2.14. The van der Waals surface area contributed by atoms with Gasteiger partial charge in [-0.2, -0.15) is 0 Å². The smallest absolute Gasteiger partial charge is 0.0763 e. The van der Waals surface area contributed by atoms with Crippen molar-refractivity contribution in [2.75, 3.05) is 0 Å². The van der Waals surface area contributed by atoms with Crippen LogP contribution in [0.15, 0.2) is 11.6 Å². The monoisotopic (exact) mass is 458 g/mol. The SMILES string of the molecule is C[C@H]1[C@H](C)CC[C@]2(C)CC[C@]3(C)C(=C[C@@H](O)[C@@H]4[C@@]5(C)[C@H](O)C[C@@H](O)C(C)(C)[C@@H]5CC[C@]43C)[C@@H]12. The van der Waals surface area contributed by atoms with Crippen molar-refractivity contribution >= 4 is 0 Å². The molecule has 12 atom stereocenters. The summed E-state index contributed by atoms with van der Waals surface area (Å²) in [4.78, 5) is 0. The molecule has 0 bridgehead atoms. The molecule has 3 N–H and O–H groups in total. The summed E-state index contributed by atoms with van der Waals surface area (Å²) >= 11 is 0. The maximum absolute atomic E-state index is 12.0. The van der Waals surface area contributed by atoms with Crippen LogP contribution in [-0.2, 0) is 0 Å². The second kappa shape index (κ2) is 7.10. The summed E-state index contributed by atoms with van der Waals surface area (Å²) in [6.45, 7) is 19.0. The molecule has 5 aliphatic rings. The zero-order valence-electron chi connectivity index (χ0n) is 22.5. The molecule has 0 radical (unpaired) electrons. The summed E-state index contributed by atoms with van der Waals surface area (Å²) in [6.07, 6.45) is 8.29. The third-order valence-electron chi connectivity index (χ3n) is 13.4. The van der Waals surface area contributed by atoms with E-state index in [1.54, 1.807) is 5.57 Å². The van der Waals surface area contributed by atoms with Crippen LogP contribution >= 0.6 is 0 Å². The summed E-state index contributed by atoms with van der Waals surface area (Å²) in [6, 6.07) is 0. The Labute approximate surface area is 202 Å². The number of hydrogen-bond donors (Lipinski definition) is 3. The lowest BCUT2D eigenvalue weighted by Gasteiger charge is -2.72. The first-order chi connectivity index (χ1) is 15.1. The predicted molar refractivity (Wildman–Crippen MR) is 133 cm³/mol.